The monoisotopic (exact) mass is 286 g/mol. The third-order valence-electron chi connectivity index (χ3n) is 3.31. The van der Waals surface area contributed by atoms with Gasteiger partial charge in [-0.05, 0) is 40.6 Å². The third-order valence-corrected chi connectivity index (χ3v) is 4.25. The Morgan fingerprint density at radius 3 is 2.70 bits per heavy atom. The highest BCUT2D eigenvalue weighted by atomic mass is 32.1. The summed E-state index contributed by atoms with van der Waals surface area (Å²) in [7, 11) is 0. The van der Waals surface area contributed by atoms with E-state index in [1.165, 1.54) is 6.07 Å². The number of thiophene rings is 1. The van der Waals surface area contributed by atoms with Gasteiger partial charge in [0.1, 0.15) is 11.5 Å². The molecule has 3 rings (SSSR count). The van der Waals surface area contributed by atoms with E-state index in [0.29, 0.717) is 5.56 Å². The van der Waals surface area contributed by atoms with E-state index in [2.05, 4.69) is 10.2 Å². The standard InChI is InChI=1S/C16H15FN2S/c1-16(2,3)12-8-10(4-5-13(12)17)14-15-11(6-7-20-15)9-18-19-14/h4-9H,1-3H3. The van der Waals surface area contributed by atoms with Crippen LogP contribution in [0, 0.1) is 5.82 Å². The van der Waals surface area contributed by atoms with Gasteiger partial charge in [0.15, 0.2) is 0 Å². The zero-order chi connectivity index (χ0) is 14.3. The lowest BCUT2D eigenvalue weighted by Gasteiger charge is -2.20. The van der Waals surface area contributed by atoms with Gasteiger partial charge in [-0.25, -0.2) is 4.39 Å². The summed E-state index contributed by atoms with van der Waals surface area (Å²) in [6.07, 6.45) is 1.75. The van der Waals surface area contributed by atoms with Crippen molar-refractivity contribution >= 4 is 21.4 Å². The lowest BCUT2D eigenvalue weighted by molar-refractivity contribution is 0.523. The minimum atomic E-state index is -0.239. The van der Waals surface area contributed by atoms with E-state index < -0.39 is 0 Å². The molecule has 0 unspecified atom stereocenters. The first-order valence-electron chi connectivity index (χ1n) is 6.46. The van der Waals surface area contributed by atoms with Crippen molar-refractivity contribution < 1.29 is 4.39 Å². The van der Waals surface area contributed by atoms with Gasteiger partial charge >= 0.3 is 0 Å². The number of benzene rings is 1. The Labute approximate surface area is 121 Å². The first-order valence-corrected chi connectivity index (χ1v) is 7.34. The minimum Gasteiger partial charge on any atom is -0.207 e. The molecular formula is C16H15FN2S. The van der Waals surface area contributed by atoms with Gasteiger partial charge in [0.05, 0.1) is 10.9 Å². The van der Waals surface area contributed by atoms with Gasteiger partial charge in [-0.1, -0.05) is 20.8 Å². The number of fused-ring (bicyclic) bond motifs is 1. The Morgan fingerprint density at radius 1 is 1.15 bits per heavy atom. The van der Waals surface area contributed by atoms with Crippen LogP contribution in [0.15, 0.2) is 35.8 Å². The number of hydrogen-bond acceptors (Lipinski definition) is 3. The fourth-order valence-electron chi connectivity index (χ4n) is 2.24. The van der Waals surface area contributed by atoms with E-state index in [-0.39, 0.29) is 11.2 Å². The van der Waals surface area contributed by atoms with Crippen LogP contribution in [0.4, 0.5) is 4.39 Å². The fraction of sp³-hybridized carbons (Fsp3) is 0.250. The molecule has 0 atom stereocenters. The molecule has 0 fully saturated rings. The molecule has 0 radical (unpaired) electrons. The van der Waals surface area contributed by atoms with Crippen molar-refractivity contribution in [2.45, 2.75) is 26.2 Å². The Hall–Kier alpha value is -1.81. The minimum absolute atomic E-state index is 0.174. The highest BCUT2D eigenvalue weighted by Crippen LogP contribution is 2.33. The molecule has 0 aliphatic carbocycles. The van der Waals surface area contributed by atoms with Crippen molar-refractivity contribution in [2.75, 3.05) is 0 Å². The number of nitrogens with zero attached hydrogens (tertiary/aromatic N) is 2. The summed E-state index contributed by atoms with van der Waals surface area (Å²) in [5.41, 5.74) is 2.20. The quantitative estimate of drug-likeness (QED) is 0.642. The van der Waals surface area contributed by atoms with Crippen LogP contribution in [0.2, 0.25) is 0 Å². The lowest BCUT2D eigenvalue weighted by atomic mass is 9.85. The van der Waals surface area contributed by atoms with Gasteiger partial charge in [-0.15, -0.1) is 16.4 Å². The molecule has 20 heavy (non-hydrogen) atoms. The molecule has 4 heteroatoms. The van der Waals surface area contributed by atoms with Crippen LogP contribution in [0.1, 0.15) is 26.3 Å². The molecule has 0 saturated carbocycles. The normalized spacial score (nSPS) is 12.0. The van der Waals surface area contributed by atoms with E-state index in [4.69, 9.17) is 0 Å². The second-order valence-electron chi connectivity index (χ2n) is 5.84. The first kappa shape index (κ1) is 13.2. The van der Waals surface area contributed by atoms with Crippen molar-refractivity contribution in [3.8, 4) is 11.3 Å². The largest absolute Gasteiger partial charge is 0.207 e. The second-order valence-corrected chi connectivity index (χ2v) is 6.76. The smallest absolute Gasteiger partial charge is 0.126 e. The number of rotatable bonds is 1. The van der Waals surface area contributed by atoms with Crippen LogP contribution < -0.4 is 0 Å². The van der Waals surface area contributed by atoms with Crippen molar-refractivity contribution in [1.29, 1.82) is 0 Å². The zero-order valence-electron chi connectivity index (χ0n) is 11.6. The van der Waals surface area contributed by atoms with Gasteiger partial charge < -0.3 is 0 Å². The van der Waals surface area contributed by atoms with Crippen LogP contribution in [0.3, 0.4) is 0 Å². The summed E-state index contributed by atoms with van der Waals surface area (Å²) in [4.78, 5) is 0. The molecular weight excluding hydrogens is 271 g/mol. The summed E-state index contributed by atoms with van der Waals surface area (Å²) in [5.74, 6) is -0.174. The molecule has 2 aromatic heterocycles. The Morgan fingerprint density at radius 2 is 1.95 bits per heavy atom. The SMILES string of the molecule is CC(C)(C)c1cc(-c2nncc3ccsc23)ccc1F. The Kier molecular flexibility index (Phi) is 3.05. The number of halogens is 1. The molecule has 0 aliphatic rings. The van der Waals surface area contributed by atoms with Crippen LogP contribution in [-0.2, 0) is 5.41 Å². The first-order chi connectivity index (χ1) is 9.47. The highest BCUT2D eigenvalue weighted by molar-refractivity contribution is 7.17. The topological polar surface area (TPSA) is 25.8 Å². The molecule has 102 valence electrons. The summed E-state index contributed by atoms with van der Waals surface area (Å²) < 4.78 is 15.1. The van der Waals surface area contributed by atoms with Gasteiger partial charge in [0.2, 0.25) is 0 Å². The average molecular weight is 286 g/mol. The summed E-state index contributed by atoms with van der Waals surface area (Å²) in [6.45, 7) is 6.02. The molecule has 0 spiro atoms. The van der Waals surface area contributed by atoms with E-state index in [1.807, 2.05) is 38.3 Å². The molecule has 3 aromatic rings. The fourth-order valence-corrected chi connectivity index (χ4v) is 3.12. The maximum atomic E-state index is 14.0. The van der Waals surface area contributed by atoms with Crippen LogP contribution in [0.5, 0.6) is 0 Å². The Bertz CT molecular complexity index is 771. The molecule has 0 bridgehead atoms. The Balaban J connectivity index is 2.23. The third kappa shape index (κ3) is 2.20. The summed E-state index contributed by atoms with van der Waals surface area (Å²) >= 11 is 1.63. The molecule has 0 N–H and O–H groups in total. The van der Waals surface area contributed by atoms with E-state index in [0.717, 1.165) is 21.3 Å². The van der Waals surface area contributed by atoms with E-state index in [1.54, 1.807) is 23.6 Å². The van der Waals surface area contributed by atoms with Crippen molar-refractivity contribution in [3.63, 3.8) is 0 Å². The van der Waals surface area contributed by atoms with Crippen molar-refractivity contribution in [3.05, 3.63) is 47.2 Å². The predicted octanol–water partition coefficient (Wildman–Crippen LogP) is 4.79. The summed E-state index contributed by atoms with van der Waals surface area (Å²) in [5, 5.41) is 11.4. The molecule has 2 heterocycles. The maximum Gasteiger partial charge on any atom is 0.126 e. The van der Waals surface area contributed by atoms with Crippen LogP contribution in [0.25, 0.3) is 21.3 Å². The van der Waals surface area contributed by atoms with Crippen LogP contribution >= 0.6 is 11.3 Å². The molecule has 2 nitrogen and oxygen atoms in total. The van der Waals surface area contributed by atoms with Crippen molar-refractivity contribution in [1.82, 2.24) is 10.2 Å². The molecule has 1 aromatic carbocycles. The second kappa shape index (κ2) is 4.63. The molecule has 0 saturated heterocycles. The average Bonchev–Trinajstić information content (AvgIpc) is 2.86. The molecule has 0 amide bonds. The van der Waals surface area contributed by atoms with E-state index in [9.17, 15) is 4.39 Å². The van der Waals surface area contributed by atoms with Gasteiger partial charge in [0, 0.05) is 10.9 Å². The maximum absolute atomic E-state index is 14.0. The lowest BCUT2D eigenvalue weighted by Crippen LogP contribution is -2.13. The van der Waals surface area contributed by atoms with Gasteiger partial charge in [0.25, 0.3) is 0 Å². The van der Waals surface area contributed by atoms with Gasteiger partial charge in [-0.2, -0.15) is 5.10 Å². The number of hydrogen-bond donors (Lipinski definition) is 0. The van der Waals surface area contributed by atoms with Gasteiger partial charge in [-0.3, -0.25) is 0 Å². The van der Waals surface area contributed by atoms with Crippen molar-refractivity contribution in [2.24, 2.45) is 0 Å². The number of aromatic nitrogens is 2. The van der Waals surface area contributed by atoms with E-state index >= 15 is 0 Å². The molecule has 0 aliphatic heterocycles. The summed E-state index contributed by atoms with van der Waals surface area (Å²) in [6, 6.07) is 7.20. The zero-order valence-corrected chi connectivity index (χ0v) is 12.5. The van der Waals surface area contributed by atoms with Crippen LogP contribution in [-0.4, -0.2) is 10.2 Å². The predicted molar refractivity (Wildman–Crippen MR) is 81.5 cm³/mol. The highest BCUT2D eigenvalue weighted by Gasteiger charge is 2.20.